The molecule has 9 nitrogen and oxygen atoms in total. The first-order chi connectivity index (χ1) is 30.9. The number of hydrogen-bond acceptors (Lipinski definition) is 6. The third-order valence-electron chi connectivity index (χ3n) is 11.0. The van der Waals surface area contributed by atoms with Gasteiger partial charge in [-0.3, -0.25) is 18.6 Å². The van der Waals surface area contributed by atoms with E-state index in [2.05, 4.69) is 74.7 Å². The first-order valence-corrected chi connectivity index (χ1v) is 27.3. The van der Waals surface area contributed by atoms with Crippen LogP contribution in [0.4, 0.5) is 0 Å². The Morgan fingerprint density at radius 2 is 1.08 bits per heavy atom. The second-order valence-corrected chi connectivity index (χ2v) is 19.8. The zero-order valence-corrected chi connectivity index (χ0v) is 42.9. The maximum absolute atomic E-state index is 13.4. The Labute approximate surface area is 393 Å². The highest BCUT2D eigenvalue weighted by Gasteiger charge is 2.30. The molecule has 64 heavy (non-hydrogen) atoms. The van der Waals surface area contributed by atoms with Crippen LogP contribution in [0.2, 0.25) is 0 Å². The molecule has 0 rings (SSSR count). The zero-order chi connectivity index (χ0) is 47.3. The average molecular weight is 918 g/mol. The summed E-state index contributed by atoms with van der Waals surface area (Å²) in [5, 5.41) is 2.99. The summed E-state index contributed by atoms with van der Waals surface area (Å²) >= 11 is 0. The molecule has 3 unspecified atom stereocenters. The average Bonchev–Trinajstić information content (AvgIpc) is 3.25. The minimum Gasteiger partial charge on any atom is -0.456 e. The molecule has 0 aliphatic heterocycles. The number of carbonyl (C=O) groups is 2. The Kier molecular flexibility index (Phi) is 42.5. The number of unbranched alkanes of at least 4 members (excludes halogenated alkanes) is 21. The molecule has 1 amide bonds. The van der Waals surface area contributed by atoms with Gasteiger partial charge in [0.2, 0.25) is 5.91 Å². The summed E-state index contributed by atoms with van der Waals surface area (Å²) in [6.07, 6.45) is 54.9. The molecular formula is C54H98N2O7P+. The lowest BCUT2D eigenvalue weighted by atomic mass is 10.1. The summed E-state index contributed by atoms with van der Waals surface area (Å²) in [6.45, 7) is 6.78. The monoisotopic (exact) mass is 918 g/mol. The van der Waals surface area contributed by atoms with E-state index in [1.165, 1.54) is 89.9 Å². The van der Waals surface area contributed by atoms with Crippen molar-refractivity contribution in [1.29, 1.82) is 0 Å². The van der Waals surface area contributed by atoms with Gasteiger partial charge in [-0.25, -0.2) is 4.57 Å². The predicted octanol–water partition coefficient (Wildman–Crippen LogP) is 14.9. The maximum atomic E-state index is 13.4. The highest BCUT2D eigenvalue weighted by atomic mass is 31.2. The molecular weight excluding hydrogens is 820 g/mol. The normalized spacial score (nSPS) is 14.5. The maximum Gasteiger partial charge on any atom is 0.472 e. The van der Waals surface area contributed by atoms with Crippen molar-refractivity contribution < 1.29 is 37.3 Å². The number of likely N-dealkylation sites (N-methyl/N-ethyl adjacent to an activating group) is 1. The summed E-state index contributed by atoms with van der Waals surface area (Å²) in [4.78, 5) is 37.3. The smallest absolute Gasteiger partial charge is 0.456 e. The van der Waals surface area contributed by atoms with E-state index in [1.807, 2.05) is 45.4 Å². The van der Waals surface area contributed by atoms with Gasteiger partial charge in [0.25, 0.3) is 0 Å². The Morgan fingerprint density at radius 1 is 0.578 bits per heavy atom. The van der Waals surface area contributed by atoms with Crippen LogP contribution in [0.5, 0.6) is 0 Å². The van der Waals surface area contributed by atoms with Crippen LogP contribution >= 0.6 is 7.82 Å². The van der Waals surface area contributed by atoms with Gasteiger partial charge >= 0.3 is 13.8 Å². The van der Waals surface area contributed by atoms with Gasteiger partial charge in [0, 0.05) is 12.8 Å². The third-order valence-corrected chi connectivity index (χ3v) is 11.9. The largest absolute Gasteiger partial charge is 0.472 e. The number of quaternary nitrogens is 1. The van der Waals surface area contributed by atoms with Crippen LogP contribution in [0.25, 0.3) is 0 Å². The van der Waals surface area contributed by atoms with Gasteiger partial charge < -0.3 is 19.4 Å². The summed E-state index contributed by atoms with van der Waals surface area (Å²) in [5.41, 5.74) is 0. The van der Waals surface area contributed by atoms with Gasteiger partial charge in [-0.2, -0.15) is 0 Å². The lowest BCUT2D eigenvalue weighted by molar-refractivity contribution is -0.870. The molecule has 2 N–H and O–H groups in total. The van der Waals surface area contributed by atoms with Crippen LogP contribution in [-0.2, 0) is 27.9 Å². The molecule has 0 spiro atoms. The predicted molar refractivity (Wildman–Crippen MR) is 272 cm³/mol. The molecule has 0 saturated heterocycles. The number of esters is 1. The Morgan fingerprint density at radius 3 is 1.64 bits per heavy atom. The van der Waals surface area contributed by atoms with Crippen LogP contribution in [-0.4, -0.2) is 74.3 Å². The van der Waals surface area contributed by atoms with Crippen LogP contribution in [0, 0.1) is 0 Å². The summed E-state index contributed by atoms with van der Waals surface area (Å²) < 4.78 is 30.4. The molecule has 0 radical (unpaired) electrons. The van der Waals surface area contributed by atoms with Gasteiger partial charge in [0.1, 0.15) is 19.3 Å². The molecule has 0 aromatic heterocycles. The number of nitrogens with one attached hydrogen (secondary N) is 1. The van der Waals surface area contributed by atoms with Crippen molar-refractivity contribution in [3.8, 4) is 0 Å². The van der Waals surface area contributed by atoms with Crippen molar-refractivity contribution in [3.05, 3.63) is 72.9 Å². The van der Waals surface area contributed by atoms with Gasteiger partial charge in [0.05, 0.1) is 33.8 Å². The van der Waals surface area contributed by atoms with Crippen molar-refractivity contribution in [2.24, 2.45) is 0 Å². The number of phosphoric acid groups is 1. The lowest BCUT2D eigenvalue weighted by Crippen LogP contribution is -2.47. The molecule has 0 saturated carbocycles. The number of phosphoric ester groups is 1. The fourth-order valence-electron chi connectivity index (χ4n) is 6.93. The number of rotatable bonds is 45. The SMILES string of the molecule is CC/C=C/C=C/C=C\CCCCCCCC(=O)OC(/C=C/CCCCCCCCCCCC)C(COP(=O)(O)OCC[N+](C)(C)C)NC(=O)CC/C=C/C/C=C\CCCCCCCC. The number of amides is 1. The third kappa shape index (κ3) is 44.6. The molecule has 0 aromatic carbocycles. The van der Waals surface area contributed by atoms with Crippen LogP contribution in [0.15, 0.2) is 72.9 Å². The zero-order valence-electron chi connectivity index (χ0n) is 42.0. The minimum absolute atomic E-state index is 0.0248. The van der Waals surface area contributed by atoms with Crippen molar-refractivity contribution in [3.63, 3.8) is 0 Å². The van der Waals surface area contributed by atoms with Gasteiger partial charge in [-0.05, 0) is 70.3 Å². The van der Waals surface area contributed by atoms with E-state index in [-0.39, 0.29) is 37.9 Å². The van der Waals surface area contributed by atoms with E-state index in [1.54, 1.807) is 0 Å². The fourth-order valence-corrected chi connectivity index (χ4v) is 7.66. The number of carbonyl (C=O) groups excluding carboxylic acids is 2. The van der Waals surface area contributed by atoms with Gasteiger partial charge in [-0.1, -0.05) is 197 Å². The summed E-state index contributed by atoms with van der Waals surface area (Å²) in [5.74, 6) is -0.613. The fraction of sp³-hybridized carbons (Fsp3) is 0.741. The molecule has 0 heterocycles. The number of ether oxygens (including phenoxy) is 1. The summed E-state index contributed by atoms with van der Waals surface area (Å²) in [6, 6.07) is -0.887. The van der Waals surface area contributed by atoms with E-state index < -0.39 is 20.0 Å². The molecule has 10 heteroatoms. The Hall–Kier alpha value is -2.55. The van der Waals surface area contributed by atoms with Crippen LogP contribution in [0.1, 0.15) is 207 Å². The van der Waals surface area contributed by atoms with Gasteiger partial charge in [0.15, 0.2) is 0 Å². The van der Waals surface area contributed by atoms with E-state index in [0.29, 0.717) is 23.9 Å². The molecule has 0 fully saturated rings. The molecule has 370 valence electrons. The van der Waals surface area contributed by atoms with E-state index in [9.17, 15) is 19.0 Å². The Balaban J connectivity index is 5.56. The Bertz CT molecular complexity index is 1330. The van der Waals surface area contributed by atoms with Crippen molar-refractivity contribution >= 4 is 19.7 Å². The van der Waals surface area contributed by atoms with Crippen molar-refractivity contribution in [1.82, 2.24) is 5.32 Å². The molecule has 0 bridgehead atoms. The van der Waals surface area contributed by atoms with Crippen molar-refractivity contribution in [2.75, 3.05) is 40.9 Å². The second kappa shape index (κ2) is 44.3. The van der Waals surface area contributed by atoms with Crippen LogP contribution in [0.3, 0.4) is 0 Å². The quantitative estimate of drug-likeness (QED) is 0.0156. The number of hydrogen-bond donors (Lipinski definition) is 2. The first kappa shape index (κ1) is 61.5. The van der Waals surface area contributed by atoms with Crippen LogP contribution < -0.4 is 5.32 Å². The second-order valence-electron chi connectivity index (χ2n) is 18.4. The van der Waals surface area contributed by atoms with Crippen molar-refractivity contribution in [2.45, 2.75) is 219 Å². The molecule has 3 atom stereocenters. The highest BCUT2D eigenvalue weighted by molar-refractivity contribution is 7.47. The van der Waals surface area contributed by atoms with E-state index >= 15 is 0 Å². The van der Waals surface area contributed by atoms with Gasteiger partial charge in [-0.15, -0.1) is 0 Å². The van der Waals surface area contributed by atoms with E-state index in [0.717, 1.165) is 70.6 Å². The molecule has 0 aliphatic carbocycles. The lowest BCUT2D eigenvalue weighted by Gasteiger charge is -2.27. The molecule has 0 aliphatic rings. The van der Waals surface area contributed by atoms with E-state index in [4.69, 9.17) is 13.8 Å². The topological polar surface area (TPSA) is 111 Å². The first-order valence-electron chi connectivity index (χ1n) is 25.8. The standard InChI is InChI=1S/C54H97N2O7P/c1-7-10-13-16-19-22-25-28-31-34-37-40-43-46-53(57)55-51(50-62-64(59,60)61-49-48-56(4,5)6)52(45-42-39-36-33-30-27-24-21-18-15-12-9-3)63-54(58)47-44-41-38-35-32-29-26-23-20-17-14-11-8-2/h11,14,17,20,23,26,28,31,37,40,42,45,51-52H,7-10,12-13,15-16,18-19,21-22,24-25,27,29-30,32-36,38-39,41,43-44,46-50H2,1-6H3,(H-,55,57,59,60)/p+1/b14-11+,20-17+,26-23-,31-28-,40-37+,45-42+. The number of nitrogens with zero attached hydrogens (tertiary/aromatic N) is 1. The highest BCUT2D eigenvalue weighted by Crippen LogP contribution is 2.43. The summed E-state index contributed by atoms with van der Waals surface area (Å²) in [7, 11) is 1.44. The minimum atomic E-state index is -4.46. The molecule has 0 aromatic rings. The number of allylic oxidation sites excluding steroid dienone is 11.